The summed E-state index contributed by atoms with van der Waals surface area (Å²) in [6.07, 6.45) is 1.04. The summed E-state index contributed by atoms with van der Waals surface area (Å²) in [5.41, 5.74) is 0. The number of carboxylic acid groups (broad SMARTS) is 1. The van der Waals surface area contributed by atoms with E-state index in [-0.39, 0.29) is 6.04 Å². The van der Waals surface area contributed by atoms with E-state index in [9.17, 15) is 9.59 Å². The highest BCUT2D eigenvalue weighted by atomic mass is 16.4. The molecular weight excluding hydrogens is 158 g/mol. The second kappa shape index (κ2) is 2.47. The van der Waals surface area contributed by atoms with Gasteiger partial charge in [-0.15, -0.1) is 0 Å². The molecule has 4 heteroatoms. The number of nitrogens with zero attached hydrogens (tertiary/aromatic N) is 1. The van der Waals surface area contributed by atoms with Crippen molar-refractivity contribution in [3.63, 3.8) is 0 Å². The van der Waals surface area contributed by atoms with Gasteiger partial charge in [0.2, 0.25) is 0 Å². The number of likely N-dealkylation sites (tertiary alicyclic amines) is 1. The van der Waals surface area contributed by atoms with Gasteiger partial charge >= 0.3 is 6.09 Å². The predicted molar refractivity (Wildman–Crippen MR) is 40.9 cm³/mol. The minimum absolute atomic E-state index is 0.139. The molecule has 0 aromatic heterocycles. The lowest BCUT2D eigenvalue weighted by atomic mass is 9.76. The molecule has 0 bridgehead atoms. The summed E-state index contributed by atoms with van der Waals surface area (Å²) in [5.74, 6) is 0.614. The molecule has 0 spiro atoms. The van der Waals surface area contributed by atoms with Crippen LogP contribution >= 0.6 is 0 Å². The minimum atomic E-state index is -0.842. The van der Waals surface area contributed by atoms with E-state index in [0.717, 1.165) is 6.42 Å². The predicted octanol–water partition coefficient (Wildman–Crippen LogP) is 0.718. The molecule has 12 heavy (non-hydrogen) atoms. The Morgan fingerprint density at radius 1 is 1.58 bits per heavy atom. The average Bonchev–Trinajstić information content (AvgIpc) is 1.94. The van der Waals surface area contributed by atoms with Gasteiger partial charge in [0, 0.05) is 31.3 Å². The number of Topliss-reactive ketones (excluding diaryl/α,β-unsaturated/α-hetero) is 1. The zero-order chi connectivity index (χ0) is 8.72. The van der Waals surface area contributed by atoms with Gasteiger partial charge in [0.25, 0.3) is 0 Å². The highest BCUT2D eigenvalue weighted by molar-refractivity contribution is 5.80. The van der Waals surface area contributed by atoms with Crippen molar-refractivity contribution in [3.05, 3.63) is 0 Å². The van der Waals surface area contributed by atoms with Crippen LogP contribution in [0.3, 0.4) is 0 Å². The second-order valence-corrected chi connectivity index (χ2v) is 3.54. The van der Waals surface area contributed by atoms with Gasteiger partial charge in [0.05, 0.1) is 0 Å². The number of rotatable bonds is 0. The summed E-state index contributed by atoms with van der Waals surface area (Å²) < 4.78 is 0. The van der Waals surface area contributed by atoms with Gasteiger partial charge in [0.1, 0.15) is 5.78 Å². The third kappa shape index (κ3) is 0.983. The third-order valence-corrected chi connectivity index (χ3v) is 2.83. The van der Waals surface area contributed by atoms with Gasteiger partial charge in [-0.2, -0.15) is 0 Å². The number of carbonyl (C=O) groups excluding carboxylic acids is 1. The first-order valence-corrected chi connectivity index (χ1v) is 4.20. The molecule has 0 aromatic carbocycles. The third-order valence-electron chi connectivity index (χ3n) is 2.83. The second-order valence-electron chi connectivity index (χ2n) is 3.54. The topological polar surface area (TPSA) is 57.6 Å². The van der Waals surface area contributed by atoms with Crippen molar-refractivity contribution in [2.24, 2.45) is 5.92 Å². The maximum absolute atomic E-state index is 11.0. The van der Waals surface area contributed by atoms with Gasteiger partial charge < -0.3 is 10.0 Å². The van der Waals surface area contributed by atoms with E-state index in [1.807, 2.05) is 0 Å². The molecule has 2 rings (SSSR count). The Labute approximate surface area is 70.2 Å². The van der Waals surface area contributed by atoms with E-state index in [4.69, 9.17) is 5.11 Å². The van der Waals surface area contributed by atoms with Crippen molar-refractivity contribution in [1.82, 2.24) is 4.90 Å². The van der Waals surface area contributed by atoms with Crippen LogP contribution in [0.25, 0.3) is 0 Å². The van der Waals surface area contributed by atoms with Gasteiger partial charge in [-0.3, -0.25) is 4.79 Å². The summed E-state index contributed by atoms with van der Waals surface area (Å²) in [6.45, 7) is 0.561. The fourth-order valence-corrected chi connectivity index (χ4v) is 2.14. The van der Waals surface area contributed by atoms with Crippen LogP contribution in [0.5, 0.6) is 0 Å². The molecule has 2 atom stereocenters. The summed E-state index contributed by atoms with van der Waals surface area (Å²) in [6, 6.07) is 0.139. The van der Waals surface area contributed by atoms with Crippen LogP contribution in [0.4, 0.5) is 4.79 Å². The Morgan fingerprint density at radius 3 is 2.92 bits per heavy atom. The van der Waals surface area contributed by atoms with Crippen LogP contribution in [0, 0.1) is 5.92 Å². The maximum atomic E-state index is 11.0. The Kier molecular flexibility index (Phi) is 1.56. The van der Waals surface area contributed by atoms with E-state index in [1.54, 1.807) is 0 Å². The molecule has 1 aliphatic carbocycles. The molecule has 1 aliphatic heterocycles. The fourth-order valence-electron chi connectivity index (χ4n) is 2.14. The maximum Gasteiger partial charge on any atom is 0.407 e. The SMILES string of the molecule is O=C1CC[C@@H]2[C@H](C1)CN2C(=O)O. The molecular formula is C8H11NO3. The smallest absolute Gasteiger partial charge is 0.407 e. The van der Waals surface area contributed by atoms with E-state index in [1.165, 1.54) is 4.90 Å². The van der Waals surface area contributed by atoms with Crippen molar-refractivity contribution >= 4 is 11.9 Å². The van der Waals surface area contributed by atoms with Gasteiger partial charge in [-0.05, 0) is 6.42 Å². The Bertz CT molecular complexity index is 238. The molecule has 66 valence electrons. The molecule has 0 unspecified atom stereocenters. The van der Waals surface area contributed by atoms with Crippen LogP contribution in [0.15, 0.2) is 0 Å². The van der Waals surface area contributed by atoms with E-state index in [0.29, 0.717) is 31.1 Å². The molecule has 1 heterocycles. The van der Waals surface area contributed by atoms with Crippen LogP contribution in [-0.2, 0) is 4.79 Å². The summed E-state index contributed by atoms with van der Waals surface area (Å²) >= 11 is 0. The van der Waals surface area contributed by atoms with Crippen molar-refractivity contribution in [3.8, 4) is 0 Å². The molecule has 1 N–H and O–H groups in total. The molecule has 1 saturated carbocycles. The highest BCUT2D eigenvalue weighted by Gasteiger charge is 2.44. The molecule has 1 saturated heterocycles. The first-order valence-electron chi connectivity index (χ1n) is 4.20. The van der Waals surface area contributed by atoms with Crippen LogP contribution in [0.2, 0.25) is 0 Å². The lowest BCUT2D eigenvalue weighted by Crippen LogP contribution is -2.60. The number of hydrogen-bond donors (Lipinski definition) is 1. The molecule has 0 aromatic rings. The standard InChI is InChI=1S/C8H11NO3/c10-6-1-2-7-5(3-6)4-9(7)8(11)12/h5,7H,1-4H2,(H,11,12)/t5-,7-/m1/s1. The molecule has 1 amide bonds. The summed E-state index contributed by atoms with van der Waals surface area (Å²) in [7, 11) is 0. The monoisotopic (exact) mass is 169 g/mol. The highest BCUT2D eigenvalue weighted by Crippen LogP contribution is 2.35. The Balaban J connectivity index is 1.98. The quantitative estimate of drug-likeness (QED) is 0.581. The van der Waals surface area contributed by atoms with Crippen molar-refractivity contribution < 1.29 is 14.7 Å². The molecule has 4 nitrogen and oxygen atoms in total. The van der Waals surface area contributed by atoms with E-state index >= 15 is 0 Å². The number of amides is 1. The minimum Gasteiger partial charge on any atom is -0.465 e. The van der Waals surface area contributed by atoms with Crippen LogP contribution < -0.4 is 0 Å². The van der Waals surface area contributed by atoms with Gasteiger partial charge in [0.15, 0.2) is 0 Å². The summed E-state index contributed by atoms with van der Waals surface area (Å²) in [5, 5.41) is 8.68. The summed E-state index contributed by atoms with van der Waals surface area (Å²) in [4.78, 5) is 23.0. The van der Waals surface area contributed by atoms with Gasteiger partial charge in [-0.1, -0.05) is 0 Å². The van der Waals surface area contributed by atoms with Crippen molar-refractivity contribution in [2.75, 3.05) is 6.54 Å². The lowest BCUT2D eigenvalue weighted by molar-refractivity contribution is -0.126. The number of ketones is 1. The van der Waals surface area contributed by atoms with Crippen LogP contribution in [-0.4, -0.2) is 34.5 Å². The molecule has 2 aliphatic rings. The van der Waals surface area contributed by atoms with Crippen molar-refractivity contribution in [1.29, 1.82) is 0 Å². The average molecular weight is 169 g/mol. The van der Waals surface area contributed by atoms with Crippen LogP contribution in [0.1, 0.15) is 19.3 Å². The largest absolute Gasteiger partial charge is 0.465 e. The first-order chi connectivity index (χ1) is 5.68. The first kappa shape index (κ1) is 7.58. The zero-order valence-corrected chi connectivity index (χ0v) is 6.69. The Morgan fingerprint density at radius 2 is 2.33 bits per heavy atom. The Hall–Kier alpha value is -1.06. The number of fused-ring (bicyclic) bond motifs is 1. The number of carbonyl (C=O) groups is 2. The fraction of sp³-hybridized carbons (Fsp3) is 0.750. The van der Waals surface area contributed by atoms with E-state index in [2.05, 4.69) is 0 Å². The molecule has 2 fully saturated rings. The normalized spacial score (nSPS) is 34.0. The molecule has 0 radical (unpaired) electrons. The number of hydrogen-bond acceptors (Lipinski definition) is 2. The zero-order valence-electron chi connectivity index (χ0n) is 6.69. The van der Waals surface area contributed by atoms with E-state index < -0.39 is 6.09 Å². The lowest BCUT2D eigenvalue weighted by Gasteiger charge is -2.48. The van der Waals surface area contributed by atoms with Gasteiger partial charge in [-0.25, -0.2) is 4.79 Å². The van der Waals surface area contributed by atoms with Crippen molar-refractivity contribution in [2.45, 2.75) is 25.3 Å².